The van der Waals surface area contributed by atoms with Crippen LogP contribution in [0.1, 0.15) is 25.3 Å². The Bertz CT molecular complexity index is 501. The number of nitrogens with zero attached hydrogens (tertiary/aromatic N) is 2. The average Bonchev–Trinajstić information content (AvgIpc) is 2.85. The molecule has 1 saturated heterocycles. The molecule has 0 radical (unpaired) electrons. The van der Waals surface area contributed by atoms with Gasteiger partial charge in [0.05, 0.1) is 16.0 Å². The zero-order valence-electron chi connectivity index (χ0n) is 10.6. The zero-order valence-corrected chi connectivity index (χ0v) is 11.5. The van der Waals surface area contributed by atoms with Crippen LogP contribution in [0.5, 0.6) is 0 Å². The standard InChI is InChI=1S/C14H16N2OS/c1-14(8-5-9-18-14)13(17)16(2)12-7-4-3-6-11(12)10-15/h3-4,6-7H,5,8-9H2,1-2H3. The molecule has 1 aliphatic heterocycles. The van der Waals surface area contributed by atoms with Crippen LogP contribution in [0.3, 0.4) is 0 Å². The second kappa shape index (κ2) is 5.03. The molecule has 1 atom stereocenters. The minimum Gasteiger partial charge on any atom is -0.313 e. The molecule has 0 spiro atoms. The van der Waals surface area contributed by atoms with Crippen molar-refractivity contribution in [2.45, 2.75) is 24.5 Å². The lowest BCUT2D eigenvalue weighted by Gasteiger charge is -2.28. The van der Waals surface area contributed by atoms with Gasteiger partial charge in [-0.1, -0.05) is 12.1 Å². The molecule has 1 aromatic carbocycles. The first-order chi connectivity index (χ1) is 8.58. The van der Waals surface area contributed by atoms with Crippen LogP contribution in [0.25, 0.3) is 0 Å². The minimum atomic E-state index is -0.336. The minimum absolute atomic E-state index is 0.0905. The Kier molecular flexibility index (Phi) is 3.63. The molecule has 1 aliphatic rings. The van der Waals surface area contributed by atoms with Crippen molar-refractivity contribution in [3.8, 4) is 6.07 Å². The van der Waals surface area contributed by atoms with Crippen molar-refractivity contribution in [3.63, 3.8) is 0 Å². The molecule has 1 fully saturated rings. The second-order valence-electron chi connectivity index (χ2n) is 4.68. The third kappa shape index (κ3) is 2.23. The maximum atomic E-state index is 12.5. The summed E-state index contributed by atoms with van der Waals surface area (Å²) in [5.41, 5.74) is 1.23. The monoisotopic (exact) mass is 260 g/mol. The maximum Gasteiger partial charge on any atom is 0.242 e. The van der Waals surface area contributed by atoms with E-state index in [4.69, 9.17) is 5.26 Å². The second-order valence-corrected chi connectivity index (χ2v) is 6.27. The molecule has 2 rings (SSSR count). The number of carbonyl (C=O) groups excluding carboxylic acids is 1. The molecule has 1 amide bonds. The van der Waals surface area contributed by atoms with E-state index in [1.165, 1.54) is 0 Å². The van der Waals surface area contributed by atoms with Crippen LogP contribution in [0.4, 0.5) is 5.69 Å². The molecular weight excluding hydrogens is 244 g/mol. The number of hydrogen-bond donors (Lipinski definition) is 0. The van der Waals surface area contributed by atoms with E-state index < -0.39 is 0 Å². The van der Waals surface area contributed by atoms with Crippen LogP contribution in [-0.4, -0.2) is 23.5 Å². The predicted octanol–water partition coefficient (Wildman–Crippen LogP) is 2.81. The first kappa shape index (κ1) is 13.0. The van der Waals surface area contributed by atoms with Crippen LogP contribution in [0.15, 0.2) is 24.3 Å². The van der Waals surface area contributed by atoms with Crippen molar-refractivity contribution < 1.29 is 4.79 Å². The van der Waals surface area contributed by atoms with E-state index in [9.17, 15) is 4.79 Å². The number of benzene rings is 1. The van der Waals surface area contributed by atoms with Crippen molar-refractivity contribution in [1.29, 1.82) is 5.26 Å². The fourth-order valence-electron chi connectivity index (χ4n) is 2.27. The Labute approximate surface area is 112 Å². The lowest BCUT2D eigenvalue weighted by Crippen LogP contribution is -2.42. The third-order valence-electron chi connectivity index (χ3n) is 3.36. The van der Waals surface area contributed by atoms with Gasteiger partial charge in [-0.2, -0.15) is 5.26 Å². The molecule has 0 N–H and O–H groups in total. The lowest BCUT2D eigenvalue weighted by molar-refractivity contribution is -0.120. The maximum absolute atomic E-state index is 12.5. The van der Waals surface area contributed by atoms with Gasteiger partial charge in [-0.3, -0.25) is 4.79 Å². The van der Waals surface area contributed by atoms with Gasteiger partial charge in [0.2, 0.25) is 5.91 Å². The Balaban J connectivity index is 2.29. The van der Waals surface area contributed by atoms with Gasteiger partial charge in [-0.15, -0.1) is 11.8 Å². The molecule has 1 aromatic rings. The summed E-state index contributed by atoms with van der Waals surface area (Å²) in [6, 6.07) is 9.36. The van der Waals surface area contributed by atoms with E-state index in [1.807, 2.05) is 25.1 Å². The van der Waals surface area contributed by atoms with Gasteiger partial charge in [0.1, 0.15) is 6.07 Å². The highest BCUT2D eigenvalue weighted by atomic mass is 32.2. The SMILES string of the molecule is CN(C(=O)C1(C)CCCS1)c1ccccc1C#N. The van der Waals surface area contributed by atoms with Crippen LogP contribution in [0, 0.1) is 11.3 Å². The van der Waals surface area contributed by atoms with Crippen molar-refractivity contribution >= 4 is 23.4 Å². The van der Waals surface area contributed by atoms with E-state index in [1.54, 1.807) is 29.8 Å². The molecule has 0 bridgehead atoms. The third-order valence-corrected chi connectivity index (χ3v) is 4.87. The number of carbonyl (C=O) groups is 1. The Hall–Kier alpha value is -1.47. The molecule has 1 heterocycles. The van der Waals surface area contributed by atoms with E-state index >= 15 is 0 Å². The Morgan fingerprint density at radius 3 is 2.83 bits per heavy atom. The number of rotatable bonds is 2. The highest BCUT2D eigenvalue weighted by Crippen LogP contribution is 2.40. The molecule has 0 saturated carbocycles. The van der Waals surface area contributed by atoms with Gasteiger partial charge in [0.25, 0.3) is 0 Å². The van der Waals surface area contributed by atoms with Gasteiger partial charge < -0.3 is 4.90 Å². The van der Waals surface area contributed by atoms with Gasteiger partial charge in [0.15, 0.2) is 0 Å². The summed E-state index contributed by atoms with van der Waals surface area (Å²) in [6.07, 6.45) is 2.00. The molecule has 94 valence electrons. The van der Waals surface area contributed by atoms with Gasteiger partial charge in [-0.25, -0.2) is 0 Å². The smallest absolute Gasteiger partial charge is 0.242 e. The first-order valence-corrected chi connectivity index (χ1v) is 6.98. The number of anilines is 1. The quantitative estimate of drug-likeness (QED) is 0.821. The molecule has 1 unspecified atom stereocenters. The summed E-state index contributed by atoms with van der Waals surface area (Å²) in [6.45, 7) is 2.00. The van der Waals surface area contributed by atoms with Crippen LogP contribution < -0.4 is 4.90 Å². The Morgan fingerprint density at radius 1 is 1.50 bits per heavy atom. The average molecular weight is 260 g/mol. The van der Waals surface area contributed by atoms with Crippen molar-refractivity contribution in [1.82, 2.24) is 0 Å². The lowest BCUT2D eigenvalue weighted by atomic mass is 10.0. The highest BCUT2D eigenvalue weighted by Gasteiger charge is 2.39. The number of thioether (sulfide) groups is 1. The van der Waals surface area contributed by atoms with Crippen molar-refractivity contribution in [3.05, 3.63) is 29.8 Å². The molecule has 0 aliphatic carbocycles. The van der Waals surface area contributed by atoms with E-state index in [0.29, 0.717) is 11.3 Å². The normalized spacial score (nSPS) is 22.5. The van der Waals surface area contributed by atoms with E-state index in [2.05, 4.69) is 6.07 Å². The number of amides is 1. The molecular formula is C14H16N2OS. The summed E-state index contributed by atoms with van der Waals surface area (Å²) >= 11 is 1.72. The predicted molar refractivity (Wildman–Crippen MR) is 74.7 cm³/mol. The topological polar surface area (TPSA) is 44.1 Å². The van der Waals surface area contributed by atoms with Gasteiger partial charge >= 0.3 is 0 Å². The number of para-hydroxylation sites is 1. The molecule has 18 heavy (non-hydrogen) atoms. The molecule has 4 heteroatoms. The fraction of sp³-hybridized carbons (Fsp3) is 0.429. The summed E-state index contributed by atoms with van der Waals surface area (Å²) < 4.78 is -0.336. The van der Waals surface area contributed by atoms with Gasteiger partial charge in [0, 0.05) is 7.05 Å². The molecule has 3 nitrogen and oxygen atoms in total. The van der Waals surface area contributed by atoms with Crippen molar-refractivity contribution in [2.75, 3.05) is 17.7 Å². The van der Waals surface area contributed by atoms with E-state index in [-0.39, 0.29) is 10.7 Å². The largest absolute Gasteiger partial charge is 0.313 e. The first-order valence-electron chi connectivity index (χ1n) is 6.00. The molecule has 0 aromatic heterocycles. The van der Waals surface area contributed by atoms with Crippen molar-refractivity contribution in [2.24, 2.45) is 0 Å². The van der Waals surface area contributed by atoms with Crippen LogP contribution in [0.2, 0.25) is 0 Å². The van der Waals surface area contributed by atoms with Crippen LogP contribution in [-0.2, 0) is 4.79 Å². The number of nitriles is 1. The van der Waals surface area contributed by atoms with Crippen LogP contribution >= 0.6 is 11.8 Å². The fourth-order valence-corrected chi connectivity index (χ4v) is 3.56. The summed E-state index contributed by atoms with van der Waals surface area (Å²) in [7, 11) is 1.75. The zero-order chi connectivity index (χ0) is 13.2. The summed E-state index contributed by atoms with van der Waals surface area (Å²) in [5.74, 6) is 1.13. The summed E-state index contributed by atoms with van der Waals surface area (Å²) in [5, 5.41) is 9.09. The Morgan fingerprint density at radius 2 is 2.22 bits per heavy atom. The highest BCUT2D eigenvalue weighted by molar-refractivity contribution is 8.01. The van der Waals surface area contributed by atoms with Gasteiger partial charge in [-0.05, 0) is 37.7 Å². The number of hydrogen-bond acceptors (Lipinski definition) is 3. The van der Waals surface area contributed by atoms with E-state index in [0.717, 1.165) is 18.6 Å². The summed E-state index contributed by atoms with van der Waals surface area (Å²) in [4.78, 5) is 14.2.